The average Bonchev–Trinajstić information content (AvgIpc) is 3.00. The second-order valence-electron chi connectivity index (χ2n) is 5.87. The van der Waals surface area contributed by atoms with E-state index in [4.69, 9.17) is 4.74 Å². The van der Waals surface area contributed by atoms with Crippen LogP contribution in [0.3, 0.4) is 0 Å². The Hall–Kier alpha value is -0.890. The van der Waals surface area contributed by atoms with Gasteiger partial charge < -0.3 is 14.6 Å². The minimum Gasteiger partial charge on any atom is -0.380 e. The van der Waals surface area contributed by atoms with Crippen LogP contribution in [0.15, 0.2) is 17.2 Å². The predicted octanol–water partition coefficient (Wildman–Crippen LogP) is 0.952. The van der Waals surface area contributed by atoms with Gasteiger partial charge in [-0.2, -0.15) is 4.31 Å². The highest BCUT2D eigenvalue weighted by molar-refractivity contribution is 7.89. The minimum absolute atomic E-state index is 0.0491. The number of nitrogens with one attached hydrogen (secondary N) is 1. The SMILES string of the molecule is CNCc1cc(S(=O)(=O)N(C)C2CCOC2)cn1C1CC1. The molecule has 1 atom stereocenters. The zero-order chi connectivity index (χ0) is 15.0. The van der Waals surface area contributed by atoms with E-state index in [9.17, 15) is 8.42 Å². The smallest absolute Gasteiger partial charge is 0.244 e. The summed E-state index contributed by atoms with van der Waals surface area (Å²) in [7, 11) is 0.0857. The summed E-state index contributed by atoms with van der Waals surface area (Å²) in [6.07, 6.45) is 4.84. The topological polar surface area (TPSA) is 63.6 Å². The maximum atomic E-state index is 12.8. The maximum Gasteiger partial charge on any atom is 0.244 e. The zero-order valence-corrected chi connectivity index (χ0v) is 13.4. The Morgan fingerprint density at radius 3 is 2.76 bits per heavy atom. The highest BCUT2D eigenvalue weighted by Crippen LogP contribution is 2.37. The first-order valence-electron chi connectivity index (χ1n) is 7.45. The molecule has 1 N–H and O–H groups in total. The molecule has 0 spiro atoms. The number of ether oxygens (including phenoxy) is 1. The summed E-state index contributed by atoms with van der Waals surface area (Å²) < 4.78 is 34.4. The van der Waals surface area contributed by atoms with E-state index in [0.29, 0.717) is 30.7 Å². The Morgan fingerprint density at radius 1 is 1.43 bits per heavy atom. The van der Waals surface area contributed by atoms with Crippen molar-refractivity contribution in [3.8, 4) is 0 Å². The molecule has 1 unspecified atom stereocenters. The first-order chi connectivity index (χ1) is 10.0. The molecular weight excluding hydrogens is 290 g/mol. The first-order valence-corrected chi connectivity index (χ1v) is 8.89. The lowest BCUT2D eigenvalue weighted by Gasteiger charge is -2.21. The number of hydrogen-bond acceptors (Lipinski definition) is 4. The Morgan fingerprint density at radius 2 is 2.19 bits per heavy atom. The molecule has 0 amide bonds. The molecule has 3 rings (SSSR count). The molecule has 1 aliphatic carbocycles. The van der Waals surface area contributed by atoms with Gasteiger partial charge in [-0.25, -0.2) is 8.42 Å². The van der Waals surface area contributed by atoms with Gasteiger partial charge >= 0.3 is 0 Å². The molecule has 1 aliphatic heterocycles. The van der Waals surface area contributed by atoms with Crippen LogP contribution < -0.4 is 5.32 Å². The van der Waals surface area contributed by atoms with E-state index in [1.165, 1.54) is 4.31 Å². The van der Waals surface area contributed by atoms with Crippen LogP contribution in [0.4, 0.5) is 0 Å². The van der Waals surface area contributed by atoms with Gasteiger partial charge in [0.25, 0.3) is 0 Å². The Labute approximate surface area is 126 Å². The summed E-state index contributed by atoms with van der Waals surface area (Å²) in [6, 6.07) is 2.22. The van der Waals surface area contributed by atoms with E-state index in [1.54, 1.807) is 19.3 Å². The second-order valence-corrected chi connectivity index (χ2v) is 7.87. The molecule has 7 heteroatoms. The van der Waals surface area contributed by atoms with Gasteiger partial charge in [-0.3, -0.25) is 0 Å². The van der Waals surface area contributed by atoms with E-state index in [0.717, 1.165) is 25.0 Å². The molecule has 118 valence electrons. The third-order valence-electron chi connectivity index (χ3n) is 4.30. The van der Waals surface area contributed by atoms with Crippen LogP contribution in [0.2, 0.25) is 0 Å². The number of sulfonamides is 1. The summed E-state index contributed by atoms with van der Waals surface area (Å²) in [4.78, 5) is 0.397. The standard InChI is InChI=1S/C14H23N3O3S/c1-15-8-13-7-14(9-17(13)11-3-4-11)21(18,19)16(2)12-5-6-20-10-12/h7,9,11-12,15H,3-6,8,10H2,1-2H3. The number of hydrogen-bond donors (Lipinski definition) is 1. The summed E-state index contributed by atoms with van der Waals surface area (Å²) in [5.74, 6) is 0. The molecule has 6 nitrogen and oxygen atoms in total. The summed E-state index contributed by atoms with van der Waals surface area (Å²) in [5, 5.41) is 3.11. The predicted molar refractivity (Wildman–Crippen MR) is 79.6 cm³/mol. The normalized spacial score (nSPS) is 23.1. The molecule has 21 heavy (non-hydrogen) atoms. The van der Waals surface area contributed by atoms with Gasteiger partial charge in [-0.15, -0.1) is 0 Å². The molecule has 1 saturated carbocycles. The number of nitrogens with zero attached hydrogens (tertiary/aromatic N) is 2. The Kier molecular flexibility index (Phi) is 4.09. The van der Waals surface area contributed by atoms with E-state index in [2.05, 4.69) is 9.88 Å². The van der Waals surface area contributed by atoms with Gasteiger partial charge in [0.1, 0.15) is 4.90 Å². The van der Waals surface area contributed by atoms with Crippen molar-refractivity contribution in [2.24, 2.45) is 0 Å². The van der Waals surface area contributed by atoms with E-state index in [1.807, 2.05) is 7.05 Å². The van der Waals surface area contributed by atoms with E-state index < -0.39 is 10.0 Å². The maximum absolute atomic E-state index is 12.8. The molecule has 1 aromatic heterocycles. The van der Waals surface area contributed by atoms with Crippen molar-refractivity contribution in [3.63, 3.8) is 0 Å². The average molecular weight is 313 g/mol. The van der Waals surface area contributed by atoms with Gasteiger partial charge in [0.15, 0.2) is 0 Å². The number of likely N-dealkylation sites (N-methyl/N-ethyl adjacent to an activating group) is 1. The van der Waals surface area contributed by atoms with Crippen LogP contribution in [-0.2, 0) is 21.3 Å². The van der Waals surface area contributed by atoms with Crippen LogP contribution in [0.1, 0.15) is 31.0 Å². The third-order valence-corrected chi connectivity index (χ3v) is 6.18. The third kappa shape index (κ3) is 2.88. The summed E-state index contributed by atoms with van der Waals surface area (Å²) >= 11 is 0. The van der Waals surface area contributed by atoms with Crippen molar-refractivity contribution in [2.75, 3.05) is 27.3 Å². The van der Waals surface area contributed by atoms with Crippen molar-refractivity contribution < 1.29 is 13.2 Å². The molecule has 2 aliphatic rings. The van der Waals surface area contributed by atoms with Crippen molar-refractivity contribution >= 4 is 10.0 Å². The molecule has 1 saturated heterocycles. The minimum atomic E-state index is -3.44. The van der Waals surface area contributed by atoms with Crippen LogP contribution in [0.25, 0.3) is 0 Å². The van der Waals surface area contributed by atoms with Crippen LogP contribution >= 0.6 is 0 Å². The fourth-order valence-corrected chi connectivity index (χ4v) is 4.25. The van der Waals surface area contributed by atoms with E-state index in [-0.39, 0.29) is 6.04 Å². The monoisotopic (exact) mass is 313 g/mol. The van der Waals surface area contributed by atoms with Crippen molar-refractivity contribution in [1.82, 2.24) is 14.2 Å². The second kappa shape index (κ2) is 5.72. The van der Waals surface area contributed by atoms with Crippen molar-refractivity contribution in [3.05, 3.63) is 18.0 Å². The molecule has 0 aromatic carbocycles. The van der Waals surface area contributed by atoms with Crippen LogP contribution in [-0.4, -0.2) is 50.6 Å². The molecule has 2 heterocycles. The fourth-order valence-electron chi connectivity index (χ4n) is 2.82. The molecule has 2 fully saturated rings. The van der Waals surface area contributed by atoms with Gasteiger partial charge in [-0.05, 0) is 32.4 Å². The van der Waals surface area contributed by atoms with Crippen molar-refractivity contribution in [1.29, 1.82) is 0 Å². The summed E-state index contributed by atoms with van der Waals surface area (Å²) in [6.45, 7) is 1.81. The quantitative estimate of drug-likeness (QED) is 0.849. The van der Waals surface area contributed by atoms with Crippen LogP contribution in [0, 0.1) is 0 Å². The highest BCUT2D eigenvalue weighted by Gasteiger charge is 2.33. The lowest BCUT2D eigenvalue weighted by atomic mass is 10.3. The van der Waals surface area contributed by atoms with Gasteiger partial charge in [-0.1, -0.05) is 0 Å². The van der Waals surface area contributed by atoms with Gasteiger partial charge in [0.2, 0.25) is 10.0 Å². The first kappa shape index (κ1) is 15.0. The number of aromatic nitrogens is 1. The molecule has 1 aromatic rings. The lowest BCUT2D eigenvalue weighted by Crippen LogP contribution is -2.37. The van der Waals surface area contributed by atoms with Gasteiger partial charge in [0, 0.05) is 38.1 Å². The Balaban J connectivity index is 1.89. The number of rotatable bonds is 6. The molecule has 0 radical (unpaired) electrons. The largest absolute Gasteiger partial charge is 0.380 e. The summed E-state index contributed by atoms with van der Waals surface area (Å²) in [5.41, 5.74) is 1.04. The lowest BCUT2D eigenvalue weighted by molar-refractivity contribution is 0.181. The van der Waals surface area contributed by atoms with Crippen LogP contribution in [0.5, 0.6) is 0 Å². The molecular formula is C14H23N3O3S. The van der Waals surface area contributed by atoms with Gasteiger partial charge in [0.05, 0.1) is 12.6 Å². The Bertz CT molecular complexity index is 601. The van der Waals surface area contributed by atoms with Crippen molar-refractivity contribution in [2.45, 2.75) is 42.8 Å². The van der Waals surface area contributed by atoms with E-state index >= 15 is 0 Å². The zero-order valence-electron chi connectivity index (χ0n) is 12.6. The fraction of sp³-hybridized carbons (Fsp3) is 0.714. The highest BCUT2D eigenvalue weighted by atomic mass is 32.2. The molecule has 0 bridgehead atoms.